The smallest absolute Gasteiger partial charge is 0.341 e. The summed E-state index contributed by atoms with van der Waals surface area (Å²) in [4.78, 5) is 17.5. The minimum absolute atomic E-state index is 0.300. The number of nitrogens with zero attached hydrogens (tertiary/aromatic N) is 1. The van der Waals surface area contributed by atoms with Crippen molar-refractivity contribution in [1.82, 2.24) is 10.3 Å². The van der Waals surface area contributed by atoms with Crippen LogP contribution in [-0.4, -0.2) is 23.2 Å². The van der Waals surface area contributed by atoms with Crippen LogP contribution in [0.5, 0.6) is 0 Å². The van der Waals surface area contributed by atoms with Gasteiger partial charge < -0.3 is 15.4 Å². The molecule has 0 radical (unpaired) electrons. The zero-order valence-corrected chi connectivity index (χ0v) is 15.9. The number of hydrogen-bond acceptors (Lipinski definition) is 5. The van der Waals surface area contributed by atoms with E-state index in [2.05, 4.69) is 22.5 Å². The van der Waals surface area contributed by atoms with Crippen molar-refractivity contribution in [3.63, 3.8) is 0 Å². The molecule has 0 saturated heterocycles. The average Bonchev–Trinajstić information content (AvgIpc) is 2.97. The Bertz CT molecular complexity index is 774. The molecule has 1 unspecified atom stereocenters. The van der Waals surface area contributed by atoms with Crippen LogP contribution in [0, 0.1) is 5.92 Å². The molecule has 2 aromatic rings. The van der Waals surface area contributed by atoms with E-state index >= 15 is 0 Å². The maximum atomic E-state index is 12.3. The molecule has 3 rings (SSSR count). The van der Waals surface area contributed by atoms with Crippen molar-refractivity contribution in [2.45, 2.75) is 32.7 Å². The maximum Gasteiger partial charge on any atom is 0.341 e. The Morgan fingerprint density at radius 3 is 2.92 bits per heavy atom. The Kier molecular flexibility index (Phi) is 5.65. The van der Waals surface area contributed by atoms with Crippen molar-refractivity contribution < 1.29 is 9.53 Å². The first-order valence-corrected chi connectivity index (χ1v) is 9.47. The van der Waals surface area contributed by atoms with Crippen LogP contribution in [0.4, 0.5) is 5.00 Å². The number of carbonyl (C=O) groups excluding carboxylic acids is 1. The number of rotatable bonds is 4. The van der Waals surface area contributed by atoms with Gasteiger partial charge in [-0.05, 0) is 60.7 Å². The summed E-state index contributed by atoms with van der Waals surface area (Å²) in [5, 5.41) is 7.63. The van der Waals surface area contributed by atoms with Gasteiger partial charge in [-0.15, -0.1) is 11.3 Å². The first kappa shape index (κ1) is 17.8. The molecule has 0 fully saturated rings. The predicted molar refractivity (Wildman–Crippen MR) is 104 cm³/mol. The van der Waals surface area contributed by atoms with Crippen LogP contribution in [0.2, 0.25) is 0 Å². The Morgan fingerprint density at radius 1 is 1.44 bits per heavy atom. The minimum Gasteiger partial charge on any atom is -0.465 e. The Balaban J connectivity index is 1.75. The van der Waals surface area contributed by atoms with Gasteiger partial charge in [-0.3, -0.25) is 4.98 Å². The molecular weight excluding hydrogens is 354 g/mol. The van der Waals surface area contributed by atoms with Gasteiger partial charge in [0.25, 0.3) is 0 Å². The molecule has 0 aromatic carbocycles. The molecule has 0 saturated carbocycles. The number of carbonyl (C=O) groups is 1. The molecule has 0 bridgehead atoms. The van der Waals surface area contributed by atoms with Gasteiger partial charge in [0.05, 0.1) is 12.7 Å². The quantitative estimate of drug-likeness (QED) is 0.630. The third-order valence-electron chi connectivity index (χ3n) is 4.33. The number of hydrogen-bond donors (Lipinski definition) is 2. The second kappa shape index (κ2) is 7.93. The van der Waals surface area contributed by atoms with Crippen molar-refractivity contribution in [3.8, 4) is 0 Å². The van der Waals surface area contributed by atoms with Crippen LogP contribution in [0.25, 0.3) is 0 Å². The Labute approximate surface area is 156 Å². The highest BCUT2D eigenvalue weighted by atomic mass is 32.1. The second-order valence-electron chi connectivity index (χ2n) is 6.21. The monoisotopic (exact) mass is 375 g/mol. The summed E-state index contributed by atoms with van der Waals surface area (Å²) >= 11 is 7.01. The molecule has 2 heterocycles. The zero-order chi connectivity index (χ0) is 17.8. The fraction of sp³-hybridized carbons (Fsp3) is 0.389. The summed E-state index contributed by atoms with van der Waals surface area (Å²) in [5.41, 5.74) is 2.85. The molecule has 1 aliphatic rings. The molecule has 1 aliphatic carbocycles. The van der Waals surface area contributed by atoms with E-state index < -0.39 is 0 Å². The predicted octanol–water partition coefficient (Wildman–Crippen LogP) is 3.54. The molecule has 0 spiro atoms. The molecule has 2 N–H and O–H groups in total. The molecule has 132 valence electrons. The van der Waals surface area contributed by atoms with Crippen LogP contribution in [0.3, 0.4) is 0 Å². The molecule has 2 aromatic heterocycles. The van der Waals surface area contributed by atoms with Crippen LogP contribution in [0.15, 0.2) is 24.5 Å². The lowest BCUT2D eigenvalue weighted by Crippen LogP contribution is -2.28. The number of ether oxygens (including phenoxy) is 1. The highest BCUT2D eigenvalue weighted by Crippen LogP contribution is 2.39. The average molecular weight is 376 g/mol. The SMILES string of the molecule is COC(=O)c1c(NC(=S)NCc2ccncc2)sc2c1CCC(C)C2. The highest BCUT2D eigenvalue weighted by Gasteiger charge is 2.28. The number of esters is 1. The van der Waals surface area contributed by atoms with Gasteiger partial charge in [0.1, 0.15) is 5.00 Å². The van der Waals surface area contributed by atoms with Gasteiger partial charge in [-0.25, -0.2) is 4.79 Å². The van der Waals surface area contributed by atoms with Gasteiger partial charge >= 0.3 is 5.97 Å². The van der Waals surface area contributed by atoms with E-state index in [4.69, 9.17) is 17.0 Å². The lowest BCUT2D eigenvalue weighted by Gasteiger charge is -2.18. The fourth-order valence-corrected chi connectivity index (χ4v) is 4.63. The van der Waals surface area contributed by atoms with Gasteiger partial charge in [-0.1, -0.05) is 6.92 Å². The summed E-state index contributed by atoms with van der Waals surface area (Å²) in [6.07, 6.45) is 6.51. The van der Waals surface area contributed by atoms with Gasteiger partial charge in [0.15, 0.2) is 5.11 Å². The summed E-state index contributed by atoms with van der Waals surface area (Å²) in [6, 6.07) is 3.86. The van der Waals surface area contributed by atoms with E-state index in [0.717, 1.165) is 35.4 Å². The topological polar surface area (TPSA) is 63.2 Å². The number of thiocarbonyl (C=S) groups is 1. The minimum atomic E-state index is -0.300. The van der Waals surface area contributed by atoms with Crippen molar-refractivity contribution >= 4 is 39.6 Å². The van der Waals surface area contributed by atoms with Crippen molar-refractivity contribution in [2.24, 2.45) is 5.92 Å². The first-order chi connectivity index (χ1) is 12.1. The van der Waals surface area contributed by atoms with Gasteiger partial charge in [-0.2, -0.15) is 0 Å². The van der Waals surface area contributed by atoms with Crippen molar-refractivity contribution in [3.05, 3.63) is 46.1 Å². The van der Waals surface area contributed by atoms with Gasteiger partial charge in [0.2, 0.25) is 0 Å². The summed E-state index contributed by atoms with van der Waals surface area (Å²) in [5.74, 6) is 0.341. The third-order valence-corrected chi connectivity index (χ3v) is 5.75. The molecular formula is C18H21N3O2S2. The van der Waals surface area contributed by atoms with Crippen LogP contribution in [-0.2, 0) is 24.1 Å². The largest absolute Gasteiger partial charge is 0.465 e. The number of pyridine rings is 1. The van der Waals surface area contributed by atoms with Crippen LogP contribution >= 0.6 is 23.6 Å². The lowest BCUT2D eigenvalue weighted by molar-refractivity contribution is 0.0601. The number of fused-ring (bicyclic) bond motifs is 1. The molecule has 7 heteroatoms. The number of aromatic nitrogens is 1. The lowest BCUT2D eigenvalue weighted by atomic mass is 9.88. The van der Waals surface area contributed by atoms with Gasteiger partial charge in [0, 0.05) is 23.8 Å². The normalized spacial score (nSPS) is 16.0. The molecule has 5 nitrogen and oxygen atoms in total. The highest BCUT2D eigenvalue weighted by molar-refractivity contribution is 7.80. The summed E-state index contributed by atoms with van der Waals surface area (Å²) in [7, 11) is 1.42. The standard InChI is InChI=1S/C18H21N3O2S2/c1-11-3-4-13-14(9-11)25-16(15(13)17(22)23-2)21-18(24)20-10-12-5-7-19-8-6-12/h5-8,11H,3-4,9-10H2,1-2H3,(H2,20,21,24). The summed E-state index contributed by atoms with van der Waals surface area (Å²) < 4.78 is 5.00. The van der Waals surface area contributed by atoms with Crippen LogP contribution in [0.1, 0.15) is 39.7 Å². The number of thiophene rings is 1. The molecule has 0 amide bonds. The van der Waals surface area contributed by atoms with Crippen molar-refractivity contribution in [1.29, 1.82) is 0 Å². The second-order valence-corrected chi connectivity index (χ2v) is 7.72. The van der Waals surface area contributed by atoms with E-state index in [0.29, 0.717) is 23.1 Å². The summed E-state index contributed by atoms with van der Waals surface area (Å²) in [6.45, 7) is 2.85. The van der Waals surface area contributed by atoms with E-state index in [-0.39, 0.29) is 5.97 Å². The number of nitrogens with one attached hydrogen (secondary N) is 2. The molecule has 25 heavy (non-hydrogen) atoms. The molecule has 0 aliphatic heterocycles. The van der Waals surface area contributed by atoms with Crippen molar-refractivity contribution in [2.75, 3.05) is 12.4 Å². The third kappa shape index (κ3) is 4.16. The fourth-order valence-electron chi connectivity index (χ4n) is 2.99. The number of anilines is 1. The van der Waals surface area contributed by atoms with E-state index in [1.54, 1.807) is 23.7 Å². The number of methoxy groups -OCH3 is 1. The first-order valence-electron chi connectivity index (χ1n) is 8.25. The van der Waals surface area contributed by atoms with Crippen LogP contribution < -0.4 is 10.6 Å². The maximum absolute atomic E-state index is 12.3. The zero-order valence-electron chi connectivity index (χ0n) is 14.3. The van der Waals surface area contributed by atoms with E-state index in [9.17, 15) is 4.79 Å². The Morgan fingerprint density at radius 2 is 2.20 bits per heavy atom. The Hall–Kier alpha value is -1.99. The molecule has 1 atom stereocenters. The van der Waals surface area contributed by atoms with E-state index in [1.165, 1.54) is 12.0 Å². The van der Waals surface area contributed by atoms with E-state index in [1.807, 2.05) is 12.1 Å².